The molecule has 0 saturated heterocycles. The van der Waals surface area contributed by atoms with Crippen LogP contribution in [0.2, 0.25) is 0 Å². The zero-order valence-electron chi connectivity index (χ0n) is 8.80. The molecular formula is C12H7Cl5O. The third-order valence-electron chi connectivity index (χ3n) is 2.58. The largest absolute Gasteiger partial charge is 0.507 e. The molecule has 0 fully saturated rings. The summed E-state index contributed by atoms with van der Waals surface area (Å²) in [4.78, 5) is 0. The van der Waals surface area contributed by atoms with Gasteiger partial charge in [-0.3, -0.25) is 0 Å². The minimum atomic E-state index is -1.88. The van der Waals surface area contributed by atoms with Gasteiger partial charge in [0.2, 0.25) is 3.79 Å². The quantitative estimate of drug-likeness (QED) is 0.673. The predicted octanol–water partition coefficient (Wildman–Crippen LogP) is 5.55. The van der Waals surface area contributed by atoms with Crippen LogP contribution in [0.4, 0.5) is 0 Å². The van der Waals surface area contributed by atoms with Crippen molar-refractivity contribution >= 4 is 68.8 Å². The lowest BCUT2D eigenvalue weighted by Crippen LogP contribution is -2.28. The van der Waals surface area contributed by atoms with E-state index in [1.165, 1.54) is 0 Å². The van der Waals surface area contributed by atoms with Gasteiger partial charge in [-0.2, -0.15) is 0 Å². The highest BCUT2D eigenvalue weighted by Gasteiger charge is 2.47. The van der Waals surface area contributed by atoms with E-state index in [0.717, 1.165) is 5.39 Å². The highest BCUT2D eigenvalue weighted by molar-refractivity contribution is 6.75. The van der Waals surface area contributed by atoms with E-state index < -0.39 is 8.13 Å². The lowest BCUT2D eigenvalue weighted by molar-refractivity contribution is 0.481. The summed E-state index contributed by atoms with van der Waals surface area (Å²) in [5, 5.41) is 11.2. The predicted molar refractivity (Wildman–Crippen MR) is 79.3 cm³/mol. The molecule has 1 N–H and O–H groups in total. The first-order chi connectivity index (χ1) is 8.23. The first kappa shape index (κ1) is 14.4. The zero-order chi connectivity index (χ0) is 13.6. The second kappa shape index (κ2) is 4.81. The van der Waals surface area contributed by atoms with Crippen molar-refractivity contribution in [3.8, 4) is 5.75 Å². The van der Waals surface area contributed by atoms with Crippen molar-refractivity contribution in [2.75, 3.05) is 0 Å². The Balaban J connectivity index is 2.64. The van der Waals surface area contributed by atoms with Gasteiger partial charge in [0.05, 0.1) is 0 Å². The topological polar surface area (TPSA) is 20.2 Å². The summed E-state index contributed by atoms with van der Waals surface area (Å²) in [7, 11) is 0. The molecule has 1 nitrogen and oxygen atoms in total. The second-order valence-corrected chi connectivity index (χ2v) is 7.39. The Bertz CT molecular complexity index is 589. The molecule has 2 rings (SSSR count). The van der Waals surface area contributed by atoms with Crippen molar-refractivity contribution in [2.45, 2.75) is 8.13 Å². The number of hydrogen-bond acceptors (Lipinski definition) is 1. The molecule has 0 aliphatic rings. The normalized spacial score (nSPS) is 12.9. The average molecular weight is 344 g/mol. The smallest absolute Gasteiger partial charge is 0.227 e. The molecule has 0 aliphatic carbocycles. The van der Waals surface area contributed by atoms with Gasteiger partial charge in [-0.05, 0) is 23.1 Å². The SMILES string of the molecule is Oc1cccc2ccc(C(Cl)(Cl)C(Cl)(Cl)Cl)cc12. The molecule has 2 aromatic rings. The fourth-order valence-corrected chi connectivity index (χ4v) is 2.18. The van der Waals surface area contributed by atoms with Gasteiger partial charge in [-0.15, -0.1) is 0 Å². The van der Waals surface area contributed by atoms with E-state index in [2.05, 4.69) is 0 Å². The summed E-state index contributed by atoms with van der Waals surface area (Å²) in [5.41, 5.74) is 0.403. The van der Waals surface area contributed by atoms with Gasteiger partial charge in [-0.1, -0.05) is 82.3 Å². The minimum Gasteiger partial charge on any atom is -0.507 e. The van der Waals surface area contributed by atoms with Gasteiger partial charge >= 0.3 is 0 Å². The summed E-state index contributed by atoms with van der Waals surface area (Å²) in [5.74, 6) is 0.114. The Labute approximate surface area is 129 Å². The fourth-order valence-electron chi connectivity index (χ4n) is 1.62. The number of phenolic OH excluding ortho intramolecular Hbond substituents is 1. The summed E-state index contributed by atoms with van der Waals surface area (Å²) >= 11 is 29.4. The van der Waals surface area contributed by atoms with E-state index in [-0.39, 0.29) is 5.75 Å². The number of alkyl halides is 5. The molecular weight excluding hydrogens is 337 g/mol. The molecule has 0 aliphatic heterocycles. The second-order valence-electron chi connectivity index (χ2n) is 3.79. The van der Waals surface area contributed by atoms with Crippen LogP contribution in [-0.2, 0) is 4.33 Å². The van der Waals surface area contributed by atoms with Crippen molar-refractivity contribution in [3.05, 3.63) is 42.0 Å². The summed E-state index contributed by atoms with van der Waals surface area (Å²) in [6.07, 6.45) is 0. The highest BCUT2D eigenvalue weighted by atomic mass is 35.6. The molecule has 0 aromatic heterocycles. The van der Waals surface area contributed by atoms with Crippen molar-refractivity contribution in [2.24, 2.45) is 0 Å². The third kappa shape index (κ3) is 2.48. The Morgan fingerprint density at radius 3 is 2.17 bits per heavy atom. The standard InChI is InChI=1S/C12H7Cl5O/c13-11(14,12(15,16)17)8-5-4-7-2-1-3-10(18)9(7)6-8/h1-6,18H. The average Bonchev–Trinajstić information content (AvgIpc) is 2.27. The number of aromatic hydroxyl groups is 1. The van der Waals surface area contributed by atoms with Crippen molar-refractivity contribution in [1.82, 2.24) is 0 Å². The number of hydrogen-bond donors (Lipinski definition) is 1. The number of fused-ring (bicyclic) bond motifs is 1. The maximum atomic E-state index is 9.78. The molecule has 0 radical (unpaired) electrons. The van der Waals surface area contributed by atoms with Crippen molar-refractivity contribution in [3.63, 3.8) is 0 Å². The van der Waals surface area contributed by atoms with Gasteiger partial charge < -0.3 is 5.11 Å². The van der Waals surface area contributed by atoms with Gasteiger partial charge in [-0.25, -0.2) is 0 Å². The van der Waals surface area contributed by atoms with Crippen LogP contribution >= 0.6 is 58.0 Å². The van der Waals surface area contributed by atoms with Crippen LogP contribution in [0, 0.1) is 0 Å². The molecule has 18 heavy (non-hydrogen) atoms. The fraction of sp³-hybridized carbons (Fsp3) is 0.167. The molecule has 96 valence electrons. The lowest BCUT2D eigenvalue weighted by Gasteiger charge is -2.28. The van der Waals surface area contributed by atoms with E-state index in [1.54, 1.807) is 30.3 Å². The number of halogens is 5. The molecule has 0 bridgehead atoms. The first-order valence-electron chi connectivity index (χ1n) is 4.90. The van der Waals surface area contributed by atoms with Crippen LogP contribution in [0.5, 0.6) is 5.75 Å². The molecule has 2 aromatic carbocycles. The molecule has 0 saturated carbocycles. The molecule has 0 amide bonds. The molecule has 0 spiro atoms. The highest BCUT2D eigenvalue weighted by Crippen LogP contribution is 2.53. The summed E-state index contributed by atoms with van der Waals surface area (Å²) < 4.78 is -3.58. The Morgan fingerprint density at radius 2 is 1.56 bits per heavy atom. The lowest BCUT2D eigenvalue weighted by atomic mass is 10.0. The number of phenols is 1. The zero-order valence-corrected chi connectivity index (χ0v) is 12.6. The summed E-state index contributed by atoms with van der Waals surface area (Å²) in [6.45, 7) is 0. The molecule has 0 atom stereocenters. The van der Waals surface area contributed by atoms with E-state index in [9.17, 15) is 5.11 Å². The van der Waals surface area contributed by atoms with Crippen molar-refractivity contribution in [1.29, 1.82) is 0 Å². The van der Waals surface area contributed by atoms with Crippen LogP contribution in [0.3, 0.4) is 0 Å². The van der Waals surface area contributed by atoms with Crippen LogP contribution in [0.25, 0.3) is 10.8 Å². The maximum Gasteiger partial charge on any atom is 0.227 e. The number of benzene rings is 2. The van der Waals surface area contributed by atoms with Crippen LogP contribution in [0.15, 0.2) is 36.4 Å². The maximum absolute atomic E-state index is 9.78. The van der Waals surface area contributed by atoms with Crippen LogP contribution in [0.1, 0.15) is 5.56 Å². The summed E-state index contributed by atoms with van der Waals surface area (Å²) in [6, 6.07) is 10.2. The van der Waals surface area contributed by atoms with E-state index >= 15 is 0 Å². The Morgan fingerprint density at radius 1 is 0.889 bits per heavy atom. The number of rotatable bonds is 1. The van der Waals surface area contributed by atoms with E-state index in [0.29, 0.717) is 10.9 Å². The van der Waals surface area contributed by atoms with Crippen LogP contribution < -0.4 is 0 Å². The van der Waals surface area contributed by atoms with Gasteiger partial charge in [0.15, 0.2) is 4.33 Å². The van der Waals surface area contributed by atoms with Gasteiger partial charge in [0.25, 0.3) is 0 Å². The molecule has 0 unspecified atom stereocenters. The third-order valence-corrected chi connectivity index (χ3v) is 5.01. The molecule has 0 heterocycles. The Hall–Kier alpha value is -0.0500. The van der Waals surface area contributed by atoms with Gasteiger partial charge in [0.1, 0.15) is 5.75 Å². The monoisotopic (exact) mass is 342 g/mol. The first-order valence-corrected chi connectivity index (χ1v) is 6.79. The van der Waals surface area contributed by atoms with Crippen molar-refractivity contribution < 1.29 is 5.11 Å². The minimum absolute atomic E-state index is 0.114. The van der Waals surface area contributed by atoms with Gasteiger partial charge in [0, 0.05) is 5.39 Å². The van der Waals surface area contributed by atoms with Crippen LogP contribution in [-0.4, -0.2) is 8.90 Å². The Kier molecular flexibility index (Phi) is 3.84. The van der Waals surface area contributed by atoms with E-state index in [1.807, 2.05) is 6.07 Å². The van der Waals surface area contributed by atoms with E-state index in [4.69, 9.17) is 58.0 Å². The molecule has 6 heteroatoms.